The van der Waals surface area contributed by atoms with Crippen molar-refractivity contribution in [3.63, 3.8) is 0 Å². The molecular formula is C36H36O17. The number of rotatable bonds is 9. The second-order valence-corrected chi connectivity index (χ2v) is 12.5. The molecule has 1 aromatic heterocycles. The van der Waals surface area contributed by atoms with Crippen molar-refractivity contribution >= 4 is 23.0 Å². The van der Waals surface area contributed by atoms with E-state index in [0.717, 1.165) is 18.2 Å². The van der Waals surface area contributed by atoms with E-state index in [9.17, 15) is 55.5 Å². The number of carbonyl (C=O) groups is 1. The fourth-order valence-electron chi connectivity index (χ4n) is 5.82. The summed E-state index contributed by atoms with van der Waals surface area (Å²) in [5.74, 6) is -2.90. The fourth-order valence-corrected chi connectivity index (χ4v) is 5.82. The maximum absolute atomic E-state index is 13.9. The minimum atomic E-state index is -1.97. The molecule has 9 N–H and O–H groups in total. The molecule has 10 atom stereocenters. The van der Waals surface area contributed by atoms with Gasteiger partial charge in [-0.15, -0.1) is 0 Å². The van der Waals surface area contributed by atoms with Crippen LogP contribution in [-0.4, -0.2) is 120 Å². The normalized spacial score (nSPS) is 28.9. The molecule has 4 aromatic rings. The Morgan fingerprint density at radius 2 is 1.43 bits per heavy atom. The molecule has 53 heavy (non-hydrogen) atoms. The molecule has 3 heterocycles. The summed E-state index contributed by atoms with van der Waals surface area (Å²) in [4.78, 5) is 26.3. The van der Waals surface area contributed by atoms with Crippen LogP contribution in [0.1, 0.15) is 12.5 Å². The highest BCUT2D eigenvalue weighted by molar-refractivity contribution is 5.88. The van der Waals surface area contributed by atoms with Crippen LogP contribution in [0.25, 0.3) is 28.4 Å². The van der Waals surface area contributed by atoms with Crippen molar-refractivity contribution in [2.45, 2.75) is 68.3 Å². The van der Waals surface area contributed by atoms with Crippen molar-refractivity contribution in [2.24, 2.45) is 0 Å². The van der Waals surface area contributed by atoms with Crippen LogP contribution < -0.4 is 10.2 Å². The van der Waals surface area contributed by atoms with Gasteiger partial charge >= 0.3 is 5.97 Å². The van der Waals surface area contributed by atoms with Crippen molar-refractivity contribution in [3.05, 3.63) is 82.5 Å². The zero-order valence-corrected chi connectivity index (χ0v) is 27.7. The fraction of sp³-hybridized carbons (Fsp3) is 0.333. The van der Waals surface area contributed by atoms with Gasteiger partial charge in [-0.2, -0.15) is 0 Å². The average molecular weight is 741 g/mol. The molecule has 17 nitrogen and oxygen atoms in total. The van der Waals surface area contributed by atoms with Crippen LogP contribution in [0, 0.1) is 0 Å². The van der Waals surface area contributed by atoms with Gasteiger partial charge < -0.3 is 74.1 Å². The molecule has 2 fully saturated rings. The first-order chi connectivity index (χ1) is 25.2. The van der Waals surface area contributed by atoms with Gasteiger partial charge in [-0.1, -0.05) is 12.1 Å². The molecule has 0 unspecified atom stereocenters. The highest BCUT2D eigenvalue weighted by Crippen LogP contribution is 2.38. The minimum absolute atomic E-state index is 0.0280. The van der Waals surface area contributed by atoms with Gasteiger partial charge in [0.05, 0.1) is 6.10 Å². The van der Waals surface area contributed by atoms with Crippen molar-refractivity contribution in [2.75, 3.05) is 6.61 Å². The van der Waals surface area contributed by atoms with Crippen LogP contribution in [0.15, 0.2) is 76.0 Å². The monoisotopic (exact) mass is 740 g/mol. The Bertz CT molecular complexity index is 2010. The van der Waals surface area contributed by atoms with Crippen molar-refractivity contribution in [1.29, 1.82) is 0 Å². The van der Waals surface area contributed by atoms with E-state index in [1.54, 1.807) is 12.1 Å². The number of fused-ring (bicyclic) bond motifs is 1. The quantitative estimate of drug-likeness (QED) is 0.0838. The van der Waals surface area contributed by atoms with E-state index in [0.29, 0.717) is 5.56 Å². The van der Waals surface area contributed by atoms with Crippen LogP contribution in [0.3, 0.4) is 0 Å². The number of hydrogen-bond donors (Lipinski definition) is 9. The van der Waals surface area contributed by atoms with Gasteiger partial charge in [-0.05, 0) is 55.0 Å². The third-order valence-electron chi connectivity index (χ3n) is 8.72. The summed E-state index contributed by atoms with van der Waals surface area (Å²) in [6, 6.07) is 13.2. The van der Waals surface area contributed by atoms with Crippen molar-refractivity contribution in [1.82, 2.24) is 0 Å². The van der Waals surface area contributed by atoms with Crippen molar-refractivity contribution < 1.29 is 78.9 Å². The maximum Gasteiger partial charge on any atom is 0.330 e. The summed E-state index contributed by atoms with van der Waals surface area (Å²) in [6.45, 7) is 0.741. The topological polar surface area (TPSA) is 275 Å². The molecule has 6 rings (SSSR count). The minimum Gasteiger partial charge on any atom is -0.508 e. The third kappa shape index (κ3) is 7.92. The molecule has 0 radical (unpaired) electrons. The average Bonchev–Trinajstić information content (AvgIpc) is 3.12. The lowest BCUT2D eigenvalue weighted by atomic mass is 9.97. The van der Waals surface area contributed by atoms with E-state index in [-0.39, 0.29) is 28.4 Å². The lowest BCUT2D eigenvalue weighted by Crippen LogP contribution is -2.64. The van der Waals surface area contributed by atoms with Crippen molar-refractivity contribution in [3.8, 4) is 40.1 Å². The lowest BCUT2D eigenvalue weighted by Gasteiger charge is -2.45. The molecule has 2 aliphatic rings. The predicted octanol–water partition coefficient (Wildman–Crippen LogP) is 0.577. The summed E-state index contributed by atoms with van der Waals surface area (Å²) >= 11 is 0. The molecule has 0 bridgehead atoms. The highest BCUT2D eigenvalue weighted by Gasteiger charge is 2.51. The molecule has 2 saturated heterocycles. The summed E-state index contributed by atoms with van der Waals surface area (Å²) in [5, 5.41) is 93.4. The van der Waals surface area contributed by atoms with E-state index in [4.69, 9.17) is 28.1 Å². The molecule has 2 aliphatic heterocycles. The maximum atomic E-state index is 13.9. The number of esters is 1. The van der Waals surface area contributed by atoms with Crippen LogP contribution in [0.4, 0.5) is 0 Å². The van der Waals surface area contributed by atoms with E-state index in [1.165, 1.54) is 49.4 Å². The summed E-state index contributed by atoms with van der Waals surface area (Å²) < 4.78 is 34.3. The number of aromatic hydroxyl groups is 4. The van der Waals surface area contributed by atoms with E-state index in [1.807, 2.05) is 0 Å². The number of phenols is 4. The van der Waals surface area contributed by atoms with Gasteiger partial charge in [0.1, 0.15) is 77.2 Å². The highest BCUT2D eigenvalue weighted by atomic mass is 16.8. The lowest BCUT2D eigenvalue weighted by molar-refractivity contribution is -0.355. The van der Waals surface area contributed by atoms with Crippen LogP contribution in [0.5, 0.6) is 28.7 Å². The van der Waals surface area contributed by atoms with Crippen LogP contribution >= 0.6 is 0 Å². The van der Waals surface area contributed by atoms with Crippen LogP contribution in [0.2, 0.25) is 0 Å². The molecule has 0 aliphatic carbocycles. The molecule has 0 saturated carbocycles. The first kappa shape index (κ1) is 37.5. The summed E-state index contributed by atoms with van der Waals surface area (Å²) in [7, 11) is 0. The Labute approximate surface area is 299 Å². The Balaban J connectivity index is 1.27. The predicted molar refractivity (Wildman–Crippen MR) is 180 cm³/mol. The van der Waals surface area contributed by atoms with E-state index in [2.05, 4.69) is 0 Å². The number of carbonyl (C=O) groups excluding carboxylic acids is 1. The number of phenolic OH excluding ortho intramolecular Hbond substituents is 4. The number of ether oxygens (including phenoxy) is 5. The molecule has 17 heteroatoms. The van der Waals surface area contributed by atoms with Gasteiger partial charge in [0.2, 0.25) is 17.5 Å². The Hall–Kier alpha value is -5.24. The van der Waals surface area contributed by atoms with Gasteiger partial charge in [0.15, 0.2) is 18.2 Å². The second-order valence-electron chi connectivity index (χ2n) is 12.5. The Kier molecular flexibility index (Phi) is 10.9. The summed E-state index contributed by atoms with van der Waals surface area (Å²) in [6.07, 6.45) is -14.8. The molecule has 0 amide bonds. The number of aliphatic hydroxyl groups excluding tert-OH is 5. The zero-order valence-electron chi connectivity index (χ0n) is 27.7. The molecule has 282 valence electrons. The standard InChI is InChI=1S/C36H36O17/c1-15-26(42)30(46)34(53-35-31(47)29(45)27(43)23(51-35)14-48-24(41)11-4-16-2-7-18(37)8-3-16)36(49-15)52-33-28(44)25-21(40)12-20(39)13-22(25)50-32(33)17-5-9-19(38)10-6-17/h2-13,15,23,26-27,29-31,34-40,42-43,45-47H,14H2,1H3/b11-4+/t15-,23+,26-,27-,29-,30+,31+,34+,35-,36-/m0/s1. The van der Waals surface area contributed by atoms with E-state index < -0.39 is 102 Å². The number of hydrogen-bond acceptors (Lipinski definition) is 17. The smallest absolute Gasteiger partial charge is 0.330 e. The number of benzene rings is 3. The van der Waals surface area contributed by atoms with Gasteiger partial charge in [-0.25, -0.2) is 4.79 Å². The molecular weight excluding hydrogens is 704 g/mol. The zero-order chi connectivity index (χ0) is 38.1. The first-order valence-electron chi connectivity index (χ1n) is 16.2. The number of aliphatic hydroxyl groups is 5. The first-order valence-corrected chi connectivity index (χ1v) is 16.2. The van der Waals surface area contributed by atoms with Gasteiger partial charge in [-0.3, -0.25) is 4.79 Å². The molecule has 3 aromatic carbocycles. The second kappa shape index (κ2) is 15.4. The third-order valence-corrected chi connectivity index (χ3v) is 8.72. The SMILES string of the molecule is C[C@@H]1O[C@@H](Oc2c(-c3ccc(O)cc3)oc3cc(O)cc(O)c3c2=O)[C@H](O[C@@H]2O[C@H](COC(=O)/C=C/c3ccc(O)cc3)[C@H](O)[C@H](O)[C@H]2O)[C@H](O)[C@H]1O. The van der Waals surface area contributed by atoms with Gasteiger partial charge in [0.25, 0.3) is 0 Å². The summed E-state index contributed by atoms with van der Waals surface area (Å²) in [5.41, 5.74) is -0.454. The van der Waals surface area contributed by atoms with Crippen LogP contribution in [-0.2, 0) is 23.7 Å². The Morgan fingerprint density at radius 1 is 0.774 bits per heavy atom. The van der Waals surface area contributed by atoms with E-state index >= 15 is 0 Å². The Morgan fingerprint density at radius 3 is 2.11 bits per heavy atom. The largest absolute Gasteiger partial charge is 0.508 e. The molecule has 0 spiro atoms. The van der Waals surface area contributed by atoms with Gasteiger partial charge in [0, 0.05) is 23.8 Å².